The smallest absolute Gasteiger partial charge is 0.252 e. The lowest BCUT2D eigenvalue weighted by Gasteiger charge is -2.04. The second kappa shape index (κ2) is 5.17. The molecule has 120 valence electrons. The number of hydrogen-bond acceptors (Lipinski definition) is 7. The van der Waals surface area contributed by atoms with E-state index in [2.05, 4.69) is 36.8 Å². The molecule has 0 bridgehead atoms. The predicted octanol–water partition coefficient (Wildman–Crippen LogP) is 2.70. The number of hydrogen-bond donors (Lipinski definition) is 0. The monoisotopic (exact) mass is 329 g/mol. The number of aromatic nitrogens is 7. The Bertz CT molecular complexity index is 1210. The number of tetrazole rings is 1. The fourth-order valence-corrected chi connectivity index (χ4v) is 2.82. The van der Waals surface area contributed by atoms with Crippen LogP contribution in [-0.4, -0.2) is 35.2 Å². The zero-order valence-electron chi connectivity index (χ0n) is 13.2. The average Bonchev–Trinajstić information content (AvgIpc) is 3.31. The molecule has 0 unspecified atom stereocenters. The molecule has 0 aliphatic carbocycles. The van der Waals surface area contributed by atoms with Crippen LogP contribution in [0.3, 0.4) is 0 Å². The predicted molar refractivity (Wildman–Crippen MR) is 89.5 cm³/mol. The van der Waals surface area contributed by atoms with Crippen LogP contribution >= 0.6 is 0 Å². The van der Waals surface area contributed by atoms with Crippen molar-refractivity contribution < 1.29 is 4.42 Å². The van der Waals surface area contributed by atoms with Crippen molar-refractivity contribution in [1.29, 1.82) is 0 Å². The molecule has 0 fully saturated rings. The molecule has 8 heteroatoms. The van der Waals surface area contributed by atoms with Crippen LogP contribution in [0.15, 0.2) is 53.2 Å². The molecule has 8 nitrogen and oxygen atoms in total. The maximum atomic E-state index is 5.85. The molecule has 0 spiro atoms. The molecule has 1 aromatic carbocycles. The summed E-state index contributed by atoms with van der Waals surface area (Å²) in [7, 11) is 0. The quantitative estimate of drug-likeness (QED) is 0.491. The molecule has 0 saturated carbocycles. The van der Waals surface area contributed by atoms with E-state index in [1.54, 1.807) is 16.9 Å². The second-order valence-electron chi connectivity index (χ2n) is 5.68. The molecule has 0 amide bonds. The topological polar surface area (TPSA) is 94.9 Å². The van der Waals surface area contributed by atoms with E-state index >= 15 is 0 Å². The minimum atomic E-state index is 0.370. The molecule has 4 heterocycles. The van der Waals surface area contributed by atoms with Gasteiger partial charge in [-0.05, 0) is 47.7 Å². The lowest BCUT2D eigenvalue weighted by molar-refractivity contribution is 0.584. The number of fused-ring (bicyclic) bond motifs is 3. The van der Waals surface area contributed by atoms with E-state index in [9.17, 15) is 0 Å². The van der Waals surface area contributed by atoms with Gasteiger partial charge in [0.15, 0.2) is 5.65 Å². The van der Waals surface area contributed by atoms with E-state index in [4.69, 9.17) is 4.42 Å². The molecule has 5 rings (SSSR count). The number of nitrogens with zero attached hydrogens (tertiary/aromatic N) is 7. The van der Waals surface area contributed by atoms with Gasteiger partial charge in [0.1, 0.15) is 0 Å². The Morgan fingerprint density at radius 2 is 1.76 bits per heavy atom. The molecule has 4 aromatic heterocycles. The van der Waals surface area contributed by atoms with Gasteiger partial charge in [0.2, 0.25) is 5.89 Å². The van der Waals surface area contributed by atoms with Gasteiger partial charge in [-0.2, -0.15) is 4.52 Å². The number of aryl methyl sites for hydroxylation is 1. The van der Waals surface area contributed by atoms with E-state index in [0.717, 1.165) is 22.0 Å². The van der Waals surface area contributed by atoms with Crippen molar-refractivity contribution in [2.24, 2.45) is 0 Å². The Morgan fingerprint density at radius 3 is 2.64 bits per heavy atom. The van der Waals surface area contributed by atoms with Crippen molar-refractivity contribution >= 4 is 16.6 Å². The van der Waals surface area contributed by atoms with Crippen molar-refractivity contribution in [3.05, 3.63) is 54.4 Å². The highest BCUT2D eigenvalue weighted by Crippen LogP contribution is 2.29. The summed E-state index contributed by atoms with van der Waals surface area (Å²) in [6.45, 7) is 2.04. The minimum Gasteiger partial charge on any atom is -0.416 e. The molecular weight excluding hydrogens is 318 g/mol. The van der Waals surface area contributed by atoms with Gasteiger partial charge in [0.05, 0.1) is 11.1 Å². The largest absolute Gasteiger partial charge is 0.416 e. The minimum absolute atomic E-state index is 0.370. The Morgan fingerprint density at radius 1 is 0.920 bits per heavy atom. The fourth-order valence-electron chi connectivity index (χ4n) is 2.82. The van der Waals surface area contributed by atoms with Gasteiger partial charge in [-0.25, -0.2) is 0 Å². The Kier molecular flexibility index (Phi) is 2.84. The summed E-state index contributed by atoms with van der Waals surface area (Å²) in [6.07, 6.45) is 3.36. The van der Waals surface area contributed by atoms with Crippen LogP contribution < -0.4 is 0 Å². The first-order chi connectivity index (χ1) is 12.3. The molecule has 0 atom stereocenters. The normalized spacial score (nSPS) is 11.4. The highest BCUT2D eigenvalue weighted by molar-refractivity contribution is 5.89. The van der Waals surface area contributed by atoms with E-state index in [1.165, 1.54) is 0 Å². The van der Waals surface area contributed by atoms with Crippen LogP contribution in [0, 0.1) is 6.92 Å². The highest BCUT2D eigenvalue weighted by atomic mass is 16.4. The lowest BCUT2D eigenvalue weighted by atomic mass is 10.1. The summed E-state index contributed by atoms with van der Waals surface area (Å²) in [4.78, 5) is 3.99. The molecule has 0 saturated heterocycles. The number of benzene rings is 1. The van der Waals surface area contributed by atoms with Crippen LogP contribution in [0.4, 0.5) is 0 Å². The van der Waals surface area contributed by atoms with Gasteiger partial charge in [0, 0.05) is 23.3 Å². The molecular formula is C17H11N7O. The van der Waals surface area contributed by atoms with Crippen molar-refractivity contribution in [2.45, 2.75) is 6.92 Å². The summed E-state index contributed by atoms with van der Waals surface area (Å²) < 4.78 is 7.53. The van der Waals surface area contributed by atoms with Crippen LogP contribution in [-0.2, 0) is 0 Å². The molecule has 0 aliphatic rings. The zero-order chi connectivity index (χ0) is 16.8. The summed E-state index contributed by atoms with van der Waals surface area (Å²) in [5.41, 5.74) is 4.13. The molecule has 0 aliphatic heterocycles. The first kappa shape index (κ1) is 13.7. The van der Waals surface area contributed by atoms with Gasteiger partial charge in [-0.3, -0.25) is 4.98 Å². The third-order valence-corrected chi connectivity index (χ3v) is 4.00. The third-order valence-electron chi connectivity index (χ3n) is 4.00. The summed E-state index contributed by atoms with van der Waals surface area (Å²) in [5, 5.41) is 21.3. The first-order valence-electron chi connectivity index (χ1n) is 7.65. The maximum absolute atomic E-state index is 5.85. The average molecular weight is 329 g/mol. The van der Waals surface area contributed by atoms with Gasteiger partial charge in [0.25, 0.3) is 5.89 Å². The maximum Gasteiger partial charge on any atom is 0.252 e. The number of pyridine rings is 2. The van der Waals surface area contributed by atoms with Crippen LogP contribution in [0.2, 0.25) is 0 Å². The summed E-state index contributed by atoms with van der Waals surface area (Å²) in [6, 6.07) is 11.7. The van der Waals surface area contributed by atoms with Crippen molar-refractivity contribution in [2.75, 3.05) is 0 Å². The van der Waals surface area contributed by atoms with Gasteiger partial charge >= 0.3 is 0 Å². The van der Waals surface area contributed by atoms with Gasteiger partial charge in [-0.1, -0.05) is 11.6 Å². The Labute approximate surface area is 141 Å². The van der Waals surface area contributed by atoms with E-state index < -0.39 is 0 Å². The zero-order valence-corrected chi connectivity index (χ0v) is 13.2. The van der Waals surface area contributed by atoms with Gasteiger partial charge in [-0.15, -0.1) is 15.3 Å². The SMILES string of the molecule is Cc1ccc2c(c1)cc(-c1nnc(-c3ccncc3)o1)c1nnnn12. The molecule has 0 N–H and O–H groups in total. The standard InChI is InChI=1S/C17H11N7O/c1-10-2-3-14-12(8-10)9-13(15-19-22-23-24(14)15)17-21-20-16(25-17)11-4-6-18-7-5-11/h2-9H,1H3. The van der Waals surface area contributed by atoms with Gasteiger partial charge < -0.3 is 4.42 Å². The Balaban J connectivity index is 1.74. The molecule has 25 heavy (non-hydrogen) atoms. The van der Waals surface area contributed by atoms with E-state index in [0.29, 0.717) is 23.0 Å². The molecule has 5 aromatic rings. The van der Waals surface area contributed by atoms with Crippen molar-refractivity contribution in [1.82, 2.24) is 35.2 Å². The van der Waals surface area contributed by atoms with E-state index in [1.807, 2.05) is 37.3 Å². The van der Waals surface area contributed by atoms with Crippen LogP contribution in [0.25, 0.3) is 39.5 Å². The lowest BCUT2D eigenvalue weighted by Crippen LogP contribution is -1.94. The van der Waals surface area contributed by atoms with Crippen molar-refractivity contribution in [3.8, 4) is 22.9 Å². The Hall–Kier alpha value is -3.68. The fraction of sp³-hybridized carbons (Fsp3) is 0.0588. The van der Waals surface area contributed by atoms with Crippen LogP contribution in [0.5, 0.6) is 0 Å². The first-order valence-corrected chi connectivity index (χ1v) is 7.65. The summed E-state index contributed by atoms with van der Waals surface area (Å²) in [5.74, 6) is 0.794. The van der Waals surface area contributed by atoms with Crippen LogP contribution in [0.1, 0.15) is 5.56 Å². The highest BCUT2D eigenvalue weighted by Gasteiger charge is 2.17. The second-order valence-corrected chi connectivity index (χ2v) is 5.68. The molecule has 0 radical (unpaired) electrons. The third kappa shape index (κ3) is 2.15. The number of rotatable bonds is 2. The van der Waals surface area contributed by atoms with Crippen molar-refractivity contribution in [3.63, 3.8) is 0 Å². The summed E-state index contributed by atoms with van der Waals surface area (Å²) >= 11 is 0. The van der Waals surface area contributed by atoms with E-state index in [-0.39, 0.29) is 0 Å².